The fourth-order valence-corrected chi connectivity index (χ4v) is 1.02. The first-order chi connectivity index (χ1) is 4.09. The second-order valence-electron chi connectivity index (χ2n) is 2.73. The highest BCUT2D eigenvalue weighted by Gasteiger charge is 2.10. The lowest BCUT2D eigenvalue weighted by Crippen LogP contribution is -2.35. The molecule has 0 aliphatic heterocycles. The van der Waals surface area contributed by atoms with Crippen LogP contribution >= 0.6 is 9.90 Å². The van der Waals surface area contributed by atoms with Gasteiger partial charge in [-0.3, -0.25) is 0 Å². The second kappa shape index (κ2) is 6.09. The second-order valence-corrected chi connectivity index (χ2v) is 2.73. The van der Waals surface area contributed by atoms with Crippen LogP contribution in [0.15, 0.2) is 0 Å². The van der Waals surface area contributed by atoms with Gasteiger partial charge in [-0.25, -0.2) is 0 Å². The quantitative estimate of drug-likeness (QED) is 0.466. The number of hydrogen-bond donors (Lipinski definition) is 0. The summed E-state index contributed by atoms with van der Waals surface area (Å²) in [6, 6.07) is 0.935. The third-order valence-electron chi connectivity index (χ3n) is 1.23. The molecule has 0 bridgehead atoms. The molecule has 1 unspecified atom stereocenters. The molecular weight excluding hydrogens is 145 g/mol. The van der Waals surface area contributed by atoms with Gasteiger partial charge in [0.05, 0.1) is 7.11 Å². The third kappa shape index (κ3) is 4.21. The molecule has 0 aromatic carbocycles. The van der Waals surface area contributed by atoms with Gasteiger partial charge in [0.15, 0.2) is 0 Å². The minimum absolute atomic E-state index is 0. The molecule has 10 heavy (non-hydrogen) atoms. The van der Waals surface area contributed by atoms with Gasteiger partial charge in [-0.15, -0.1) is 0 Å². The van der Waals surface area contributed by atoms with Crippen molar-refractivity contribution in [1.29, 1.82) is 0 Å². The van der Waals surface area contributed by atoms with Gasteiger partial charge in [0.1, 0.15) is 0 Å². The van der Waals surface area contributed by atoms with Crippen molar-refractivity contribution in [3.05, 3.63) is 0 Å². The maximum absolute atomic E-state index is 5.11. The van der Waals surface area contributed by atoms with E-state index >= 15 is 0 Å². The molecule has 0 aliphatic carbocycles. The fraction of sp³-hybridized carbons (Fsp3) is 1.00. The Labute approximate surface area is 67.5 Å². The molecule has 0 aliphatic rings. The molecule has 0 rings (SSSR count). The molecule has 0 amide bonds. The van der Waals surface area contributed by atoms with E-state index < -0.39 is 0 Å². The molecule has 0 heterocycles. The molecule has 0 fully saturated rings. The summed E-state index contributed by atoms with van der Waals surface area (Å²) in [5, 5.41) is 1.96. The molecule has 64 valence electrons. The van der Waals surface area contributed by atoms with Crippen LogP contribution in [-0.2, 0) is 4.84 Å². The maximum atomic E-state index is 5.11. The summed E-state index contributed by atoms with van der Waals surface area (Å²) >= 11 is 0. The number of hydroxylamine groups is 2. The monoisotopic (exact) mass is 165 g/mol. The molecule has 0 saturated carbocycles. The van der Waals surface area contributed by atoms with Crippen molar-refractivity contribution < 1.29 is 4.84 Å². The predicted molar refractivity (Wildman–Crippen MR) is 50.2 cm³/mol. The Hall–Kier alpha value is 0.350. The van der Waals surface area contributed by atoms with Crippen LogP contribution in [0.1, 0.15) is 27.7 Å². The zero-order valence-corrected chi connectivity index (χ0v) is 9.13. The average Bonchev–Trinajstić information content (AvgIpc) is 1.64. The first kappa shape index (κ1) is 13.0. The largest absolute Gasteiger partial charge is 0.302 e. The van der Waals surface area contributed by atoms with Crippen molar-refractivity contribution in [2.24, 2.45) is 0 Å². The molecule has 3 heteroatoms. The molecule has 0 radical (unpaired) electrons. The van der Waals surface area contributed by atoms with E-state index in [2.05, 4.69) is 27.7 Å². The lowest BCUT2D eigenvalue weighted by atomic mass is 10.3. The van der Waals surface area contributed by atoms with Crippen molar-refractivity contribution in [3.63, 3.8) is 0 Å². The molecule has 2 nitrogen and oxygen atoms in total. The van der Waals surface area contributed by atoms with Gasteiger partial charge >= 0.3 is 0 Å². The number of nitrogens with zero attached hydrogens (tertiary/aromatic N) is 1. The van der Waals surface area contributed by atoms with E-state index in [1.54, 1.807) is 7.11 Å². The summed E-state index contributed by atoms with van der Waals surface area (Å²) < 4.78 is 0. The Morgan fingerprint density at radius 1 is 1.00 bits per heavy atom. The summed E-state index contributed by atoms with van der Waals surface area (Å²) in [5.41, 5.74) is 0. The van der Waals surface area contributed by atoms with Gasteiger partial charge in [-0.2, -0.15) is 15.0 Å². The zero-order chi connectivity index (χ0) is 7.44. The minimum atomic E-state index is 0. The molecule has 0 N–H and O–H groups in total. The Morgan fingerprint density at radius 2 is 1.30 bits per heavy atom. The standard InChI is InChI=1S/C7H17NO.H3P/c1-6(2)8(9-5)7(3)4;/h6-7H,1-5H3;1H3. The van der Waals surface area contributed by atoms with Gasteiger partial charge in [0.25, 0.3) is 0 Å². The maximum Gasteiger partial charge on any atom is 0.0575 e. The lowest BCUT2D eigenvalue weighted by molar-refractivity contribution is -0.174. The van der Waals surface area contributed by atoms with Crippen LogP contribution in [0.2, 0.25) is 0 Å². The molecule has 0 spiro atoms. The predicted octanol–water partition coefficient (Wildman–Crippen LogP) is 1.72. The highest BCUT2D eigenvalue weighted by atomic mass is 31.0. The van der Waals surface area contributed by atoms with Gasteiger partial charge in [0, 0.05) is 12.1 Å². The van der Waals surface area contributed by atoms with Crippen molar-refractivity contribution in [1.82, 2.24) is 5.06 Å². The Bertz CT molecular complexity index is 68.0. The minimum Gasteiger partial charge on any atom is -0.302 e. The summed E-state index contributed by atoms with van der Waals surface area (Å²) in [5.74, 6) is 0. The average molecular weight is 165 g/mol. The summed E-state index contributed by atoms with van der Waals surface area (Å²) in [6.45, 7) is 8.46. The van der Waals surface area contributed by atoms with Crippen molar-refractivity contribution >= 4 is 9.90 Å². The van der Waals surface area contributed by atoms with Crippen LogP contribution < -0.4 is 0 Å². The van der Waals surface area contributed by atoms with E-state index in [9.17, 15) is 0 Å². The number of hydrogen-bond acceptors (Lipinski definition) is 2. The molecule has 0 aromatic heterocycles. The van der Waals surface area contributed by atoms with E-state index in [1.807, 2.05) is 5.06 Å². The smallest absolute Gasteiger partial charge is 0.0575 e. The van der Waals surface area contributed by atoms with Gasteiger partial charge < -0.3 is 4.84 Å². The van der Waals surface area contributed by atoms with Crippen LogP contribution in [0.25, 0.3) is 0 Å². The van der Waals surface area contributed by atoms with Crippen molar-refractivity contribution in [2.75, 3.05) is 7.11 Å². The van der Waals surface area contributed by atoms with Gasteiger partial charge in [-0.05, 0) is 27.7 Å². The fourth-order valence-electron chi connectivity index (χ4n) is 1.02. The van der Waals surface area contributed by atoms with Crippen molar-refractivity contribution in [2.45, 2.75) is 39.8 Å². The molecule has 1 atom stereocenters. The van der Waals surface area contributed by atoms with E-state index in [0.29, 0.717) is 12.1 Å². The van der Waals surface area contributed by atoms with E-state index in [-0.39, 0.29) is 9.90 Å². The summed E-state index contributed by atoms with van der Waals surface area (Å²) in [6.07, 6.45) is 0. The van der Waals surface area contributed by atoms with Crippen LogP contribution in [0.3, 0.4) is 0 Å². The van der Waals surface area contributed by atoms with Crippen LogP contribution in [0, 0.1) is 0 Å². The first-order valence-corrected chi connectivity index (χ1v) is 3.42. The lowest BCUT2D eigenvalue weighted by Gasteiger charge is -2.27. The summed E-state index contributed by atoms with van der Waals surface area (Å²) in [7, 11) is 1.71. The highest BCUT2D eigenvalue weighted by Crippen LogP contribution is 2.02. The Balaban J connectivity index is 0. The topological polar surface area (TPSA) is 12.5 Å². The van der Waals surface area contributed by atoms with Crippen LogP contribution in [0.5, 0.6) is 0 Å². The summed E-state index contributed by atoms with van der Waals surface area (Å²) in [4.78, 5) is 5.11. The van der Waals surface area contributed by atoms with E-state index in [0.717, 1.165) is 0 Å². The SMILES string of the molecule is CON(C(C)C)C(C)C.P. The van der Waals surface area contributed by atoms with E-state index in [1.165, 1.54) is 0 Å². The van der Waals surface area contributed by atoms with Crippen LogP contribution in [0.4, 0.5) is 0 Å². The van der Waals surface area contributed by atoms with Gasteiger partial charge in [0.2, 0.25) is 0 Å². The third-order valence-corrected chi connectivity index (χ3v) is 1.23. The number of rotatable bonds is 3. The zero-order valence-electron chi connectivity index (χ0n) is 7.72. The van der Waals surface area contributed by atoms with E-state index in [4.69, 9.17) is 4.84 Å². The van der Waals surface area contributed by atoms with Gasteiger partial charge in [-0.1, -0.05) is 0 Å². The van der Waals surface area contributed by atoms with Crippen molar-refractivity contribution in [3.8, 4) is 0 Å². The molecule has 0 saturated heterocycles. The van der Waals surface area contributed by atoms with Crippen LogP contribution in [-0.4, -0.2) is 24.3 Å². The Morgan fingerprint density at radius 3 is 1.30 bits per heavy atom. The normalized spacial score (nSPS) is 10.8. The highest BCUT2D eigenvalue weighted by molar-refractivity contribution is 6.92. The first-order valence-electron chi connectivity index (χ1n) is 3.42. The molecular formula is C7H20NOP. The molecule has 0 aromatic rings. The Kier molecular flexibility index (Phi) is 7.90.